The molecule has 1 aromatic carbocycles. The van der Waals surface area contributed by atoms with E-state index in [0.717, 1.165) is 21.8 Å². The standard InChI is InChI=1S/C14H12N4O2S/c1-9-8-21-13(17-9)7-16-11-5-6-15-14-10(11)3-2-4-12(14)18(19)20/h2-6,8H,7H2,1H3,(H,15,16). The number of nitrogens with one attached hydrogen (secondary N) is 1. The Kier molecular flexibility index (Phi) is 3.49. The Labute approximate surface area is 124 Å². The first kappa shape index (κ1) is 13.4. The van der Waals surface area contributed by atoms with E-state index in [2.05, 4.69) is 15.3 Å². The number of pyridine rings is 1. The molecule has 0 aliphatic rings. The van der Waals surface area contributed by atoms with E-state index in [-0.39, 0.29) is 5.69 Å². The highest BCUT2D eigenvalue weighted by Gasteiger charge is 2.14. The van der Waals surface area contributed by atoms with Crippen molar-refractivity contribution in [1.29, 1.82) is 0 Å². The fourth-order valence-electron chi connectivity index (χ4n) is 2.12. The van der Waals surface area contributed by atoms with Crippen molar-refractivity contribution in [3.63, 3.8) is 0 Å². The lowest BCUT2D eigenvalue weighted by Gasteiger charge is -2.08. The molecule has 0 atom stereocenters. The van der Waals surface area contributed by atoms with Gasteiger partial charge in [-0.3, -0.25) is 10.1 Å². The number of nitrogens with zero attached hydrogens (tertiary/aromatic N) is 3. The Hall–Kier alpha value is -2.54. The van der Waals surface area contributed by atoms with Gasteiger partial charge in [-0.1, -0.05) is 12.1 Å². The molecule has 0 radical (unpaired) electrons. The molecule has 2 heterocycles. The van der Waals surface area contributed by atoms with Crippen LogP contribution < -0.4 is 5.32 Å². The fraction of sp³-hybridized carbons (Fsp3) is 0.143. The molecule has 0 aliphatic heterocycles. The number of aryl methyl sites for hydroxylation is 1. The third-order valence-electron chi connectivity index (χ3n) is 3.04. The summed E-state index contributed by atoms with van der Waals surface area (Å²) in [7, 11) is 0. The van der Waals surface area contributed by atoms with Gasteiger partial charge in [0, 0.05) is 34.4 Å². The number of hydrogen-bond donors (Lipinski definition) is 1. The van der Waals surface area contributed by atoms with Crippen LogP contribution in [0, 0.1) is 17.0 Å². The summed E-state index contributed by atoms with van der Waals surface area (Å²) >= 11 is 1.58. The molecule has 0 bridgehead atoms. The van der Waals surface area contributed by atoms with E-state index in [1.807, 2.05) is 24.4 Å². The molecular formula is C14H12N4O2S. The molecule has 0 aliphatic carbocycles. The van der Waals surface area contributed by atoms with Crippen molar-refractivity contribution in [3.8, 4) is 0 Å². The minimum Gasteiger partial charge on any atom is -0.378 e. The summed E-state index contributed by atoms with van der Waals surface area (Å²) in [6.45, 7) is 2.53. The lowest BCUT2D eigenvalue weighted by molar-refractivity contribution is -0.383. The minimum atomic E-state index is -0.413. The van der Waals surface area contributed by atoms with Crippen molar-refractivity contribution in [2.24, 2.45) is 0 Å². The van der Waals surface area contributed by atoms with Gasteiger partial charge in [-0.05, 0) is 13.0 Å². The van der Waals surface area contributed by atoms with Crippen LogP contribution in [0.5, 0.6) is 0 Å². The van der Waals surface area contributed by atoms with E-state index in [1.165, 1.54) is 6.07 Å². The first-order valence-corrected chi connectivity index (χ1v) is 7.20. The van der Waals surface area contributed by atoms with Crippen LogP contribution in [0.15, 0.2) is 35.8 Å². The number of nitro benzene ring substituents is 1. The SMILES string of the molecule is Cc1csc(CNc2ccnc3c([N+](=O)[O-])cccc23)n1. The number of fused-ring (bicyclic) bond motifs is 1. The second-order valence-corrected chi connectivity index (χ2v) is 5.47. The second-order valence-electron chi connectivity index (χ2n) is 4.53. The Morgan fingerprint density at radius 2 is 2.24 bits per heavy atom. The molecule has 3 aromatic rings. The predicted molar refractivity (Wildman–Crippen MR) is 82.6 cm³/mol. The topological polar surface area (TPSA) is 81.0 Å². The fourth-order valence-corrected chi connectivity index (χ4v) is 2.83. The maximum Gasteiger partial charge on any atom is 0.295 e. The van der Waals surface area contributed by atoms with Gasteiger partial charge < -0.3 is 5.32 Å². The molecule has 0 fully saturated rings. The van der Waals surface area contributed by atoms with Crippen LogP contribution in [-0.2, 0) is 6.54 Å². The normalized spacial score (nSPS) is 10.7. The number of anilines is 1. The largest absolute Gasteiger partial charge is 0.378 e. The predicted octanol–water partition coefficient (Wildman–Crippen LogP) is 3.52. The first-order valence-electron chi connectivity index (χ1n) is 6.32. The molecule has 0 saturated carbocycles. The summed E-state index contributed by atoms with van der Waals surface area (Å²) in [5.74, 6) is 0. The maximum absolute atomic E-state index is 11.0. The molecule has 0 amide bonds. The van der Waals surface area contributed by atoms with Crippen LogP contribution in [-0.4, -0.2) is 14.9 Å². The number of rotatable bonds is 4. The summed E-state index contributed by atoms with van der Waals surface area (Å²) in [4.78, 5) is 19.1. The van der Waals surface area contributed by atoms with Gasteiger partial charge in [-0.2, -0.15) is 0 Å². The highest BCUT2D eigenvalue weighted by Crippen LogP contribution is 2.28. The lowest BCUT2D eigenvalue weighted by Crippen LogP contribution is -2.01. The van der Waals surface area contributed by atoms with E-state index in [0.29, 0.717) is 12.1 Å². The molecule has 0 spiro atoms. The monoisotopic (exact) mass is 300 g/mol. The Balaban J connectivity index is 1.95. The summed E-state index contributed by atoms with van der Waals surface area (Å²) in [6.07, 6.45) is 1.57. The van der Waals surface area contributed by atoms with Crippen LogP contribution in [0.1, 0.15) is 10.7 Å². The molecule has 1 N–H and O–H groups in total. The zero-order valence-electron chi connectivity index (χ0n) is 11.2. The van der Waals surface area contributed by atoms with Crippen molar-refractivity contribution < 1.29 is 4.92 Å². The summed E-state index contributed by atoms with van der Waals surface area (Å²) < 4.78 is 0. The third-order valence-corrected chi connectivity index (χ3v) is 4.01. The average Bonchev–Trinajstić information content (AvgIpc) is 2.90. The van der Waals surface area contributed by atoms with Gasteiger partial charge in [0.05, 0.1) is 11.5 Å². The number of thiazole rings is 1. The maximum atomic E-state index is 11.0. The van der Waals surface area contributed by atoms with E-state index in [4.69, 9.17) is 0 Å². The first-order chi connectivity index (χ1) is 10.1. The van der Waals surface area contributed by atoms with E-state index in [9.17, 15) is 10.1 Å². The summed E-state index contributed by atoms with van der Waals surface area (Å²) in [6, 6.07) is 6.77. The molecule has 21 heavy (non-hydrogen) atoms. The molecule has 6 nitrogen and oxygen atoms in total. The molecule has 3 rings (SSSR count). The van der Waals surface area contributed by atoms with Gasteiger partial charge in [-0.25, -0.2) is 9.97 Å². The van der Waals surface area contributed by atoms with E-state index >= 15 is 0 Å². The van der Waals surface area contributed by atoms with Crippen LogP contribution in [0.3, 0.4) is 0 Å². The summed E-state index contributed by atoms with van der Waals surface area (Å²) in [5, 5.41) is 18.0. The zero-order chi connectivity index (χ0) is 14.8. The smallest absolute Gasteiger partial charge is 0.295 e. The van der Waals surface area contributed by atoms with Gasteiger partial charge in [0.15, 0.2) is 0 Å². The third kappa shape index (κ3) is 2.68. The number of hydrogen-bond acceptors (Lipinski definition) is 6. The molecule has 0 unspecified atom stereocenters. The van der Waals surface area contributed by atoms with Crippen molar-refractivity contribution in [2.75, 3.05) is 5.32 Å². The molecule has 106 valence electrons. The number of non-ortho nitro benzene ring substituents is 1. The van der Waals surface area contributed by atoms with Crippen LogP contribution >= 0.6 is 11.3 Å². The number of aromatic nitrogens is 2. The molecule has 0 saturated heterocycles. The highest BCUT2D eigenvalue weighted by atomic mass is 32.1. The van der Waals surface area contributed by atoms with Crippen molar-refractivity contribution >= 4 is 33.6 Å². The van der Waals surface area contributed by atoms with Gasteiger partial charge in [-0.15, -0.1) is 11.3 Å². The average molecular weight is 300 g/mol. The summed E-state index contributed by atoms with van der Waals surface area (Å²) in [5.41, 5.74) is 2.22. The molecule has 2 aromatic heterocycles. The van der Waals surface area contributed by atoms with Gasteiger partial charge >= 0.3 is 0 Å². The van der Waals surface area contributed by atoms with Gasteiger partial charge in [0.25, 0.3) is 5.69 Å². The molecular weight excluding hydrogens is 288 g/mol. The number of para-hydroxylation sites is 1. The van der Waals surface area contributed by atoms with Crippen LogP contribution in [0.2, 0.25) is 0 Å². The van der Waals surface area contributed by atoms with Gasteiger partial charge in [0.2, 0.25) is 0 Å². The van der Waals surface area contributed by atoms with Crippen molar-refractivity contribution in [1.82, 2.24) is 9.97 Å². The highest BCUT2D eigenvalue weighted by molar-refractivity contribution is 7.09. The quantitative estimate of drug-likeness (QED) is 0.589. The second kappa shape index (κ2) is 5.45. The number of nitro groups is 1. The Morgan fingerprint density at radius 3 is 2.95 bits per heavy atom. The van der Waals surface area contributed by atoms with Crippen molar-refractivity contribution in [2.45, 2.75) is 13.5 Å². The van der Waals surface area contributed by atoms with E-state index < -0.39 is 4.92 Å². The van der Waals surface area contributed by atoms with Crippen LogP contribution in [0.4, 0.5) is 11.4 Å². The molecule has 7 heteroatoms. The minimum absolute atomic E-state index is 0.0150. The Bertz CT molecular complexity index is 816. The van der Waals surface area contributed by atoms with Crippen LogP contribution in [0.25, 0.3) is 10.9 Å². The Morgan fingerprint density at radius 1 is 1.38 bits per heavy atom. The van der Waals surface area contributed by atoms with Gasteiger partial charge in [0.1, 0.15) is 10.5 Å². The van der Waals surface area contributed by atoms with Crippen molar-refractivity contribution in [3.05, 3.63) is 56.7 Å². The lowest BCUT2D eigenvalue weighted by atomic mass is 10.1. The zero-order valence-corrected chi connectivity index (χ0v) is 12.1. The number of benzene rings is 1. The van der Waals surface area contributed by atoms with E-state index in [1.54, 1.807) is 23.6 Å².